The van der Waals surface area contributed by atoms with Crippen molar-refractivity contribution in [3.63, 3.8) is 0 Å². The molecule has 1 N–H and O–H groups in total. The fourth-order valence-electron chi connectivity index (χ4n) is 12.3. The van der Waals surface area contributed by atoms with Crippen LogP contribution in [0.15, 0.2) is 36.5 Å². The Morgan fingerprint density at radius 3 is 0.879 bits per heavy atom. The third kappa shape index (κ3) is 74.8. The third-order valence-corrected chi connectivity index (χ3v) is 18.4. The lowest BCUT2D eigenvalue weighted by Gasteiger charge is -2.25. The lowest BCUT2D eigenvalue weighted by molar-refractivity contribution is -0.870. The van der Waals surface area contributed by atoms with Gasteiger partial charge in [-0.3, -0.25) is 9.59 Å². The molecule has 9 nitrogen and oxygen atoms in total. The van der Waals surface area contributed by atoms with E-state index in [1.165, 1.54) is 334 Å². The van der Waals surface area contributed by atoms with Gasteiger partial charge in [-0.25, -0.2) is 4.79 Å². The number of nitrogens with zero attached hydrogens (tertiary/aromatic N) is 1. The largest absolute Gasteiger partial charge is 0.477 e. The number of quaternary nitrogens is 1. The number of aliphatic carboxylic acids is 1. The third-order valence-electron chi connectivity index (χ3n) is 18.4. The van der Waals surface area contributed by atoms with E-state index in [1.54, 1.807) is 0 Å². The van der Waals surface area contributed by atoms with Crippen molar-refractivity contribution in [2.24, 2.45) is 0 Å². The maximum atomic E-state index is 13.0. The number of esters is 2. The highest BCUT2D eigenvalue weighted by molar-refractivity contribution is 5.71. The second kappa shape index (κ2) is 73.3. The molecule has 0 aromatic heterocycles. The average Bonchev–Trinajstić information content (AvgIpc) is 3.46. The number of carboxylic acids is 1. The van der Waals surface area contributed by atoms with Gasteiger partial charge in [-0.15, -0.1) is 0 Å². The van der Waals surface area contributed by atoms with Crippen molar-refractivity contribution in [1.29, 1.82) is 0 Å². The van der Waals surface area contributed by atoms with Crippen molar-refractivity contribution in [2.45, 2.75) is 424 Å². The highest BCUT2D eigenvalue weighted by Gasteiger charge is 2.25. The molecule has 536 valence electrons. The van der Waals surface area contributed by atoms with Crippen LogP contribution in [-0.4, -0.2) is 87.4 Å². The minimum absolute atomic E-state index is 0.175. The standard InChI is InChI=1S/C82H155NO8/c1-6-8-10-12-14-16-18-20-22-24-26-28-30-32-34-36-38-40-42-44-46-48-50-52-54-56-58-60-62-64-66-68-70-72-79(84)89-76-78(77-90-82(81(86)87)88-75-74-83(3,4)5)91-80(85)73-71-69-67-65-63-61-59-57-55-53-51-49-47-45-43-41-39-37-35-33-31-29-27-25-23-21-19-17-15-13-11-9-7-2/h19,21,25,27,31,33,78,82H,6-18,20,22-24,26,28-30,32,34-77H2,1-5H3/p+1/b21-19-,27-25-,33-31-. The maximum Gasteiger partial charge on any atom is 0.361 e. The predicted molar refractivity (Wildman–Crippen MR) is 392 cm³/mol. The van der Waals surface area contributed by atoms with E-state index in [4.69, 9.17) is 18.9 Å². The molecule has 9 heteroatoms. The molecule has 0 heterocycles. The molecular weight excluding hydrogens is 1130 g/mol. The van der Waals surface area contributed by atoms with Gasteiger partial charge in [0, 0.05) is 12.8 Å². The van der Waals surface area contributed by atoms with E-state index in [-0.39, 0.29) is 38.2 Å². The van der Waals surface area contributed by atoms with Gasteiger partial charge in [-0.05, 0) is 51.4 Å². The van der Waals surface area contributed by atoms with Crippen LogP contribution in [0.2, 0.25) is 0 Å². The van der Waals surface area contributed by atoms with Gasteiger partial charge >= 0.3 is 17.9 Å². The van der Waals surface area contributed by atoms with Crippen LogP contribution in [0.1, 0.15) is 412 Å². The number of rotatable bonds is 76. The number of ether oxygens (including phenoxy) is 4. The first-order chi connectivity index (χ1) is 44.6. The Morgan fingerprint density at radius 1 is 0.330 bits per heavy atom. The van der Waals surface area contributed by atoms with Crippen LogP contribution in [0.25, 0.3) is 0 Å². The van der Waals surface area contributed by atoms with E-state index in [0.29, 0.717) is 17.4 Å². The van der Waals surface area contributed by atoms with Gasteiger partial charge in [0.05, 0.1) is 34.4 Å². The summed E-state index contributed by atoms with van der Waals surface area (Å²) >= 11 is 0. The number of carboxylic acid groups (broad SMARTS) is 1. The lowest BCUT2D eigenvalue weighted by atomic mass is 10.0. The lowest BCUT2D eigenvalue weighted by Crippen LogP contribution is -2.40. The Kier molecular flexibility index (Phi) is 71.3. The average molecular weight is 1280 g/mol. The summed E-state index contributed by atoms with van der Waals surface area (Å²) in [5.74, 6) is -1.97. The summed E-state index contributed by atoms with van der Waals surface area (Å²) in [5, 5.41) is 9.77. The minimum Gasteiger partial charge on any atom is -0.477 e. The summed E-state index contributed by atoms with van der Waals surface area (Å²) in [5.41, 5.74) is 0. The van der Waals surface area contributed by atoms with E-state index in [1.807, 2.05) is 21.1 Å². The van der Waals surface area contributed by atoms with Gasteiger partial charge in [0.2, 0.25) is 0 Å². The first kappa shape index (κ1) is 88.5. The molecule has 0 radical (unpaired) electrons. The molecule has 2 atom stereocenters. The zero-order valence-electron chi connectivity index (χ0n) is 61.5. The van der Waals surface area contributed by atoms with Crippen LogP contribution < -0.4 is 0 Å². The van der Waals surface area contributed by atoms with Crippen molar-refractivity contribution >= 4 is 17.9 Å². The first-order valence-electron chi connectivity index (χ1n) is 40.2. The number of unbranched alkanes of at least 4 members (excludes halogenated alkanes) is 55. The molecule has 0 aliphatic carbocycles. The van der Waals surface area contributed by atoms with Crippen molar-refractivity contribution in [2.75, 3.05) is 47.5 Å². The summed E-state index contributed by atoms with van der Waals surface area (Å²) < 4.78 is 23.1. The second-order valence-electron chi connectivity index (χ2n) is 28.7. The monoisotopic (exact) mass is 1280 g/mol. The molecule has 0 aliphatic heterocycles. The first-order valence-corrected chi connectivity index (χ1v) is 40.2. The summed E-state index contributed by atoms with van der Waals surface area (Å²) in [6.07, 6.45) is 91.6. The topological polar surface area (TPSA) is 108 Å². The minimum atomic E-state index is -1.51. The molecule has 0 aromatic carbocycles. The molecule has 0 aliphatic rings. The Labute approximate surface area is 566 Å². The number of carbonyl (C=O) groups is 3. The van der Waals surface area contributed by atoms with Crippen LogP contribution in [0.4, 0.5) is 0 Å². The number of hydrogen-bond donors (Lipinski definition) is 1. The molecule has 2 unspecified atom stereocenters. The Morgan fingerprint density at radius 2 is 0.593 bits per heavy atom. The van der Waals surface area contributed by atoms with Gasteiger partial charge in [0.15, 0.2) is 6.10 Å². The van der Waals surface area contributed by atoms with E-state index in [2.05, 4.69) is 50.3 Å². The summed E-state index contributed by atoms with van der Waals surface area (Å²) in [6, 6.07) is 0. The van der Waals surface area contributed by atoms with Gasteiger partial charge < -0.3 is 28.5 Å². The molecule has 0 aromatic rings. The number of hydrogen-bond acceptors (Lipinski definition) is 7. The predicted octanol–water partition coefficient (Wildman–Crippen LogP) is 25.5. The Bertz CT molecular complexity index is 1590. The van der Waals surface area contributed by atoms with Crippen molar-refractivity contribution in [1.82, 2.24) is 0 Å². The molecule has 0 saturated carbocycles. The van der Waals surface area contributed by atoms with Crippen LogP contribution in [0, 0.1) is 0 Å². The number of allylic oxidation sites excluding steroid dienone is 6. The molecule has 0 rings (SSSR count). The summed E-state index contributed by atoms with van der Waals surface area (Å²) in [6.45, 7) is 4.95. The molecule has 0 spiro atoms. The van der Waals surface area contributed by atoms with Crippen LogP contribution in [-0.2, 0) is 33.3 Å². The van der Waals surface area contributed by atoms with Crippen molar-refractivity contribution in [3.05, 3.63) is 36.5 Å². The van der Waals surface area contributed by atoms with Gasteiger partial charge in [-0.2, -0.15) is 0 Å². The van der Waals surface area contributed by atoms with Crippen molar-refractivity contribution < 1.29 is 42.9 Å². The SMILES string of the molecule is CCCCCCC/C=C\C/C=C\C/C=C\CCCCCCCCCCCCCCCCCCCCC(=O)OC(COC(=O)CCCCCCCCCCCCCCCCCCCCCCCCCCCCCCCCCCC)COC(OCC[N+](C)(C)C)C(=O)O. The Hall–Kier alpha value is -2.49. The van der Waals surface area contributed by atoms with E-state index in [9.17, 15) is 19.5 Å². The van der Waals surface area contributed by atoms with Gasteiger partial charge in [0.25, 0.3) is 6.29 Å². The van der Waals surface area contributed by atoms with Gasteiger partial charge in [-0.1, -0.05) is 384 Å². The summed E-state index contributed by atoms with van der Waals surface area (Å²) in [4.78, 5) is 37.7. The molecule has 0 saturated heterocycles. The molecule has 91 heavy (non-hydrogen) atoms. The fraction of sp³-hybridized carbons (Fsp3) is 0.890. The van der Waals surface area contributed by atoms with Crippen LogP contribution in [0.5, 0.6) is 0 Å². The highest BCUT2D eigenvalue weighted by atomic mass is 16.7. The smallest absolute Gasteiger partial charge is 0.361 e. The van der Waals surface area contributed by atoms with Gasteiger partial charge in [0.1, 0.15) is 13.2 Å². The molecule has 0 amide bonds. The molecular formula is C82H156NO8+. The summed E-state index contributed by atoms with van der Waals surface area (Å²) in [7, 11) is 6.00. The van der Waals surface area contributed by atoms with E-state index >= 15 is 0 Å². The number of carbonyl (C=O) groups excluding carboxylic acids is 2. The van der Waals surface area contributed by atoms with E-state index < -0.39 is 18.4 Å². The molecule has 0 bridgehead atoms. The van der Waals surface area contributed by atoms with Crippen LogP contribution in [0.3, 0.4) is 0 Å². The number of likely N-dealkylation sites (N-methyl/N-ethyl adjacent to an activating group) is 1. The van der Waals surface area contributed by atoms with Crippen LogP contribution >= 0.6 is 0 Å². The van der Waals surface area contributed by atoms with Crippen molar-refractivity contribution in [3.8, 4) is 0 Å². The second-order valence-corrected chi connectivity index (χ2v) is 28.7. The normalized spacial score (nSPS) is 12.8. The van der Waals surface area contributed by atoms with E-state index in [0.717, 1.165) is 51.4 Å². The zero-order valence-corrected chi connectivity index (χ0v) is 61.5. The highest BCUT2D eigenvalue weighted by Crippen LogP contribution is 2.20. The molecule has 0 fully saturated rings. The Balaban J connectivity index is 3.98. The maximum absolute atomic E-state index is 13.0. The fourth-order valence-corrected chi connectivity index (χ4v) is 12.3. The quantitative estimate of drug-likeness (QED) is 0.0211. The zero-order chi connectivity index (χ0) is 66.1.